The topological polar surface area (TPSA) is 71.1 Å². The summed E-state index contributed by atoms with van der Waals surface area (Å²) in [5.74, 6) is 0.259. The molecule has 142 valence electrons. The first-order chi connectivity index (χ1) is 13.3. The van der Waals surface area contributed by atoms with Gasteiger partial charge in [-0.1, -0.05) is 17.7 Å². The second-order valence-electron chi connectivity index (χ2n) is 6.58. The summed E-state index contributed by atoms with van der Waals surface area (Å²) in [7, 11) is 0. The predicted octanol–water partition coefficient (Wildman–Crippen LogP) is 5.55. The molecule has 2 N–H and O–H groups in total. The van der Waals surface area contributed by atoms with E-state index in [4.69, 9.17) is 11.6 Å². The molecule has 6 heteroatoms. The van der Waals surface area contributed by atoms with Gasteiger partial charge < -0.3 is 10.6 Å². The molecule has 3 rings (SSSR count). The van der Waals surface area contributed by atoms with Crippen molar-refractivity contribution in [3.63, 3.8) is 0 Å². The number of pyridine rings is 1. The van der Waals surface area contributed by atoms with Gasteiger partial charge in [-0.15, -0.1) is 0 Å². The summed E-state index contributed by atoms with van der Waals surface area (Å²) >= 11 is 6.28. The van der Waals surface area contributed by atoms with Crippen LogP contribution in [0.3, 0.4) is 0 Å². The van der Waals surface area contributed by atoms with E-state index in [2.05, 4.69) is 15.6 Å². The Morgan fingerprint density at radius 2 is 1.68 bits per heavy atom. The third-order valence-corrected chi connectivity index (χ3v) is 4.55. The molecule has 3 aromatic rings. The number of anilines is 3. The van der Waals surface area contributed by atoms with Gasteiger partial charge in [-0.2, -0.15) is 0 Å². The molecule has 2 aromatic carbocycles. The number of amides is 1. The van der Waals surface area contributed by atoms with Gasteiger partial charge in [0.25, 0.3) is 5.91 Å². The van der Waals surface area contributed by atoms with E-state index in [1.54, 1.807) is 42.6 Å². The minimum Gasteiger partial charge on any atom is -0.340 e. The number of aryl methyl sites for hydroxylation is 2. The highest BCUT2D eigenvalue weighted by Crippen LogP contribution is 2.28. The molecule has 0 atom stereocenters. The molecule has 0 saturated carbocycles. The third-order valence-electron chi connectivity index (χ3n) is 4.26. The maximum absolute atomic E-state index is 12.7. The molecule has 1 amide bonds. The van der Waals surface area contributed by atoms with E-state index in [9.17, 15) is 9.59 Å². The van der Waals surface area contributed by atoms with E-state index in [1.807, 2.05) is 26.0 Å². The lowest BCUT2D eigenvalue weighted by molar-refractivity contribution is 0.101. The van der Waals surface area contributed by atoms with Crippen LogP contribution in [0.25, 0.3) is 0 Å². The zero-order valence-electron chi connectivity index (χ0n) is 15.8. The molecule has 0 spiro atoms. The van der Waals surface area contributed by atoms with Crippen LogP contribution in [0.15, 0.2) is 54.7 Å². The molecule has 0 aliphatic heterocycles. The number of carbonyl (C=O) groups is 2. The highest BCUT2D eigenvalue weighted by Gasteiger charge is 2.12. The first-order valence-corrected chi connectivity index (χ1v) is 9.13. The van der Waals surface area contributed by atoms with Crippen molar-refractivity contribution in [2.24, 2.45) is 0 Å². The van der Waals surface area contributed by atoms with Crippen LogP contribution in [0.5, 0.6) is 0 Å². The van der Waals surface area contributed by atoms with Crippen molar-refractivity contribution >= 4 is 40.5 Å². The molecule has 28 heavy (non-hydrogen) atoms. The molecular weight excluding hydrogens is 374 g/mol. The van der Waals surface area contributed by atoms with E-state index in [0.29, 0.717) is 27.7 Å². The van der Waals surface area contributed by atoms with Gasteiger partial charge >= 0.3 is 0 Å². The molecule has 1 heterocycles. The Balaban J connectivity index is 1.77. The number of Topliss-reactive ketones (excluding diaryl/α,β-unsaturated/α-hetero) is 1. The summed E-state index contributed by atoms with van der Waals surface area (Å²) in [5.41, 5.74) is 4.39. The summed E-state index contributed by atoms with van der Waals surface area (Å²) in [6, 6.07) is 14.1. The highest BCUT2D eigenvalue weighted by molar-refractivity contribution is 6.34. The maximum Gasteiger partial charge on any atom is 0.255 e. The SMILES string of the molecule is CC(=O)c1ccc(Nc2cc(C(=O)Nc3c(C)cc(C)cc3Cl)ccn2)cc1. The van der Waals surface area contributed by atoms with Crippen molar-refractivity contribution in [3.05, 3.63) is 82.0 Å². The third kappa shape index (κ3) is 4.56. The average molecular weight is 394 g/mol. The Labute approximate surface area is 168 Å². The minimum absolute atomic E-state index is 0.00778. The molecule has 0 fully saturated rings. The van der Waals surface area contributed by atoms with Gasteiger partial charge in [0.15, 0.2) is 5.78 Å². The van der Waals surface area contributed by atoms with Gasteiger partial charge in [-0.05, 0) is 74.4 Å². The number of nitrogens with one attached hydrogen (secondary N) is 2. The number of ketones is 1. The number of hydrogen-bond acceptors (Lipinski definition) is 4. The van der Waals surface area contributed by atoms with Gasteiger partial charge in [0, 0.05) is 23.0 Å². The fourth-order valence-corrected chi connectivity index (χ4v) is 3.20. The standard InChI is InChI=1S/C22H20ClN3O2/c1-13-10-14(2)21(19(23)11-13)26-22(28)17-8-9-24-20(12-17)25-18-6-4-16(5-7-18)15(3)27/h4-12H,1-3H3,(H,24,25)(H,26,28). The van der Waals surface area contributed by atoms with Crippen LogP contribution in [0.1, 0.15) is 38.8 Å². The number of benzene rings is 2. The Morgan fingerprint density at radius 3 is 2.32 bits per heavy atom. The fourth-order valence-electron chi connectivity index (χ4n) is 2.84. The largest absolute Gasteiger partial charge is 0.340 e. The first-order valence-electron chi connectivity index (χ1n) is 8.75. The summed E-state index contributed by atoms with van der Waals surface area (Å²) in [5, 5.41) is 6.50. The van der Waals surface area contributed by atoms with Crippen LogP contribution in [-0.4, -0.2) is 16.7 Å². The molecule has 0 saturated heterocycles. The van der Waals surface area contributed by atoms with E-state index < -0.39 is 0 Å². The van der Waals surface area contributed by atoms with Crippen molar-refractivity contribution in [2.45, 2.75) is 20.8 Å². The van der Waals surface area contributed by atoms with Gasteiger partial charge in [0.2, 0.25) is 0 Å². The number of halogens is 1. The van der Waals surface area contributed by atoms with Crippen LogP contribution < -0.4 is 10.6 Å². The molecule has 0 aliphatic rings. The van der Waals surface area contributed by atoms with Crippen molar-refractivity contribution in [2.75, 3.05) is 10.6 Å². The smallest absolute Gasteiger partial charge is 0.255 e. The lowest BCUT2D eigenvalue weighted by Crippen LogP contribution is -2.13. The van der Waals surface area contributed by atoms with Crippen LogP contribution in [0.4, 0.5) is 17.2 Å². The monoisotopic (exact) mass is 393 g/mol. The van der Waals surface area contributed by atoms with Crippen LogP contribution in [0.2, 0.25) is 5.02 Å². The fraction of sp³-hybridized carbons (Fsp3) is 0.136. The van der Waals surface area contributed by atoms with Gasteiger partial charge in [-0.25, -0.2) is 4.98 Å². The van der Waals surface area contributed by atoms with Crippen molar-refractivity contribution in [3.8, 4) is 0 Å². The number of carbonyl (C=O) groups excluding carboxylic acids is 2. The maximum atomic E-state index is 12.7. The second-order valence-corrected chi connectivity index (χ2v) is 6.99. The second kappa shape index (κ2) is 8.23. The number of aromatic nitrogens is 1. The summed E-state index contributed by atoms with van der Waals surface area (Å²) in [6.45, 7) is 5.38. The molecule has 0 bridgehead atoms. The van der Waals surface area contributed by atoms with Crippen molar-refractivity contribution in [1.82, 2.24) is 4.98 Å². The molecular formula is C22H20ClN3O2. The number of nitrogens with zero attached hydrogens (tertiary/aromatic N) is 1. The number of hydrogen-bond donors (Lipinski definition) is 2. The summed E-state index contributed by atoms with van der Waals surface area (Å²) < 4.78 is 0. The molecule has 1 aromatic heterocycles. The normalized spacial score (nSPS) is 10.4. The van der Waals surface area contributed by atoms with E-state index >= 15 is 0 Å². The minimum atomic E-state index is -0.272. The summed E-state index contributed by atoms with van der Waals surface area (Å²) in [4.78, 5) is 28.3. The molecule has 0 unspecified atom stereocenters. The Hall–Kier alpha value is -3.18. The average Bonchev–Trinajstić information content (AvgIpc) is 2.65. The van der Waals surface area contributed by atoms with E-state index in [1.165, 1.54) is 6.92 Å². The Bertz CT molecular complexity index is 1020. The van der Waals surface area contributed by atoms with E-state index in [0.717, 1.165) is 16.8 Å². The molecule has 0 aliphatic carbocycles. The zero-order chi connectivity index (χ0) is 20.3. The Kier molecular flexibility index (Phi) is 5.76. The lowest BCUT2D eigenvalue weighted by Gasteiger charge is -2.12. The van der Waals surface area contributed by atoms with Gasteiger partial charge in [0.05, 0.1) is 10.7 Å². The molecule has 0 radical (unpaired) electrons. The van der Waals surface area contributed by atoms with Crippen LogP contribution >= 0.6 is 11.6 Å². The lowest BCUT2D eigenvalue weighted by atomic mass is 10.1. The van der Waals surface area contributed by atoms with Crippen LogP contribution in [-0.2, 0) is 0 Å². The first kappa shape index (κ1) is 19.6. The molecule has 5 nitrogen and oxygen atoms in total. The van der Waals surface area contributed by atoms with E-state index in [-0.39, 0.29) is 11.7 Å². The van der Waals surface area contributed by atoms with Gasteiger partial charge in [0.1, 0.15) is 5.82 Å². The highest BCUT2D eigenvalue weighted by atomic mass is 35.5. The van der Waals surface area contributed by atoms with Gasteiger partial charge in [-0.3, -0.25) is 9.59 Å². The van der Waals surface area contributed by atoms with Crippen LogP contribution in [0, 0.1) is 13.8 Å². The van der Waals surface area contributed by atoms with Crippen molar-refractivity contribution < 1.29 is 9.59 Å². The number of rotatable bonds is 5. The predicted molar refractivity (Wildman–Crippen MR) is 113 cm³/mol. The van der Waals surface area contributed by atoms with Crippen molar-refractivity contribution in [1.29, 1.82) is 0 Å². The Morgan fingerprint density at radius 1 is 0.964 bits per heavy atom. The quantitative estimate of drug-likeness (QED) is 0.557. The summed E-state index contributed by atoms with van der Waals surface area (Å²) in [6.07, 6.45) is 1.56. The zero-order valence-corrected chi connectivity index (χ0v) is 16.6.